The minimum Gasteiger partial charge on any atom is -0.478 e. The van der Waals surface area contributed by atoms with Crippen LogP contribution in [0.4, 0.5) is 16.2 Å². The number of anilines is 2. The molecule has 37 heavy (non-hydrogen) atoms. The number of carbonyl (C=O) groups is 1. The molecule has 0 bridgehead atoms. The molecule has 0 aliphatic rings. The molecule has 3 heterocycles. The molecule has 1 amide bonds. The van der Waals surface area contributed by atoms with E-state index in [1.807, 2.05) is 6.92 Å². The number of hydrogen-bond acceptors (Lipinski definition) is 10. The van der Waals surface area contributed by atoms with Crippen molar-refractivity contribution in [3.63, 3.8) is 0 Å². The third-order valence-corrected chi connectivity index (χ3v) is 5.19. The molecule has 0 saturated carbocycles. The Bertz CT molecular complexity index is 1380. The van der Waals surface area contributed by atoms with E-state index in [0.717, 1.165) is 0 Å². The van der Waals surface area contributed by atoms with Gasteiger partial charge in [-0.05, 0) is 37.3 Å². The van der Waals surface area contributed by atoms with Crippen molar-refractivity contribution in [2.45, 2.75) is 13.0 Å². The standard InChI is InChI=1S/C24H26FN9O3/c1-13(30-18(35)12-36-2)10-29-24-27-9-8-16(32-24)19-20(17-11-28-21(26)23(31-17)37-3)34-22(33-19)14-4-6-15(25)7-5-14/h4-9,11,13H,10,12H2,1-3H3,(H2,26,28)(H,30,35)(H,33,34)(H,27,29,32)/t13-/m1/s1. The molecule has 0 saturated heterocycles. The molecular formula is C24H26FN9O3. The van der Waals surface area contributed by atoms with E-state index in [9.17, 15) is 9.18 Å². The Labute approximate surface area is 211 Å². The van der Waals surface area contributed by atoms with E-state index >= 15 is 0 Å². The molecular weight excluding hydrogens is 481 g/mol. The van der Waals surface area contributed by atoms with Gasteiger partial charge in [-0.3, -0.25) is 4.79 Å². The van der Waals surface area contributed by atoms with Crippen LogP contribution in [0.15, 0.2) is 42.7 Å². The number of imidazole rings is 1. The predicted molar refractivity (Wildman–Crippen MR) is 135 cm³/mol. The first-order chi connectivity index (χ1) is 17.9. The highest BCUT2D eigenvalue weighted by Crippen LogP contribution is 2.32. The Morgan fingerprint density at radius 3 is 2.62 bits per heavy atom. The number of nitrogens with zero attached hydrogens (tertiary/aromatic N) is 5. The van der Waals surface area contributed by atoms with Crippen LogP contribution in [-0.2, 0) is 9.53 Å². The van der Waals surface area contributed by atoms with Gasteiger partial charge < -0.3 is 30.8 Å². The molecule has 0 fully saturated rings. The van der Waals surface area contributed by atoms with Crippen LogP contribution in [0.25, 0.3) is 34.2 Å². The summed E-state index contributed by atoms with van der Waals surface area (Å²) in [5.41, 5.74) is 8.39. The van der Waals surface area contributed by atoms with Crippen LogP contribution in [0.3, 0.4) is 0 Å². The second kappa shape index (κ2) is 11.4. The van der Waals surface area contributed by atoms with Gasteiger partial charge in [0.2, 0.25) is 11.9 Å². The Morgan fingerprint density at radius 2 is 1.89 bits per heavy atom. The third kappa shape index (κ3) is 6.13. The summed E-state index contributed by atoms with van der Waals surface area (Å²) < 4.78 is 23.5. The molecule has 1 aromatic carbocycles. The fourth-order valence-electron chi connectivity index (χ4n) is 3.46. The van der Waals surface area contributed by atoms with Gasteiger partial charge in [-0.25, -0.2) is 29.3 Å². The van der Waals surface area contributed by atoms with Crippen molar-refractivity contribution in [1.82, 2.24) is 35.2 Å². The lowest BCUT2D eigenvalue weighted by Gasteiger charge is -2.14. The number of hydrogen-bond donors (Lipinski definition) is 4. The molecule has 5 N–H and O–H groups in total. The van der Waals surface area contributed by atoms with Gasteiger partial charge in [0.15, 0.2) is 5.82 Å². The molecule has 1 atom stereocenters. The van der Waals surface area contributed by atoms with Crippen molar-refractivity contribution < 1.29 is 18.7 Å². The van der Waals surface area contributed by atoms with Crippen LogP contribution in [0.1, 0.15) is 6.92 Å². The smallest absolute Gasteiger partial charge is 0.257 e. The molecule has 0 spiro atoms. The third-order valence-electron chi connectivity index (χ3n) is 5.19. The second-order valence-corrected chi connectivity index (χ2v) is 8.01. The minimum atomic E-state index is -0.357. The lowest BCUT2D eigenvalue weighted by molar-refractivity contribution is -0.125. The molecule has 192 valence electrons. The topological polar surface area (TPSA) is 166 Å². The van der Waals surface area contributed by atoms with Crippen LogP contribution < -0.4 is 21.1 Å². The lowest BCUT2D eigenvalue weighted by Crippen LogP contribution is -2.39. The summed E-state index contributed by atoms with van der Waals surface area (Å²) in [6.45, 7) is 2.21. The summed E-state index contributed by atoms with van der Waals surface area (Å²) in [4.78, 5) is 37.1. The summed E-state index contributed by atoms with van der Waals surface area (Å²) in [7, 11) is 2.90. The molecule has 0 aliphatic heterocycles. The lowest BCUT2D eigenvalue weighted by atomic mass is 10.2. The molecule has 4 rings (SSSR count). The summed E-state index contributed by atoms with van der Waals surface area (Å²) >= 11 is 0. The zero-order valence-corrected chi connectivity index (χ0v) is 20.4. The first-order valence-corrected chi connectivity index (χ1v) is 11.3. The van der Waals surface area contributed by atoms with Crippen molar-refractivity contribution in [2.24, 2.45) is 0 Å². The Kier molecular flexibility index (Phi) is 7.83. The molecule has 13 heteroatoms. The first kappa shape index (κ1) is 25.4. The highest BCUT2D eigenvalue weighted by Gasteiger charge is 2.20. The van der Waals surface area contributed by atoms with Crippen LogP contribution in [-0.4, -0.2) is 69.2 Å². The van der Waals surface area contributed by atoms with Crippen molar-refractivity contribution in [3.8, 4) is 40.0 Å². The average Bonchev–Trinajstić information content (AvgIpc) is 3.34. The van der Waals surface area contributed by atoms with Gasteiger partial charge in [0.25, 0.3) is 5.88 Å². The molecule has 0 unspecified atom stereocenters. The number of H-pyrrole nitrogens is 1. The predicted octanol–water partition coefficient (Wildman–Crippen LogP) is 2.28. The normalized spacial score (nSPS) is 11.7. The molecule has 3 aromatic heterocycles. The van der Waals surface area contributed by atoms with Gasteiger partial charge >= 0.3 is 0 Å². The second-order valence-electron chi connectivity index (χ2n) is 8.01. The minimum absolute atomic E-state index is 0.0197. The van der Waals surface area contributed by atoms with Crippen molar-refractivity contribution in [2.75, 3.05) is 38.4 Å². The number of aromatic nitrogens is 6. The van der Waals surface area contributed by atoms with Crippen molar-refractivity contribution in [1.29, 1.82) is 0 Å². The number of rotatable bonds is 10. The van der Waals surface area contributed by atoms with Gasteiger partial charge in [-0.15, -0.1) is 0 Å². The molecule has 0 radical (unpaired) electrons. The zero-order valence-electron chi connectivity index (χ0n) is 20.4. The van der Waals surface area contributed by atoms with Gasteiger partial charge in [0.05, 0.1) is 24.7 Å². The maximum Gasteiger partial charge on any atom is 0.257 e. The highest BCUT2D eigenvalue weighted by molar-refractivity contribution is 5.79. The Morgan fingerprint density at radius 1 is 1.11 bits per heavy atom. The Balaban J connectivity index is 1.68. The van der Waals surface area contributed by atoms with E-state index in [1.54, 1.807) is 24.4 Å². The number of amides is 1. The van der Waals surface area contributed by atoms with Crippen molar-refractivity contribution in [3.05, 3.63) is 48.5 Å². The van der Waals surface area contributed by atoms with E-state index < -0.39 is 0 Å². The maximum atomic E-state index is 13.5. The van der Waals surface area contributed by atoms with Gasteiger partial charge in [-0.2, -0.15) is 0 Å². The fourth-order valence-corrected chi connectivity index (χ4v) is 3.46. The summed E-state index contributed by atoms with van der Waals surface area (Å²) in [6.07, 6.45) is 3.08. The number of benzene rings is 1. The average molecular weight is 508 g/mol. The molecule has 0 aliphatic carbocycles. The van der Waals surface area contributed by atoms with E-state index in [-0.39, 0.29) is 36.1 Å². The van der Waals surface area contributed by atoms with Gasteiger partial charge in [0.1, 0.15) is 29.6 Å². The van der Waals surface area contributed by atoms with Crippen LogP contribution in [0, 0.1) is 5.82 Å². The summed E-state index contributed by atoms with van der Waals surface area (Å²) in [6, 6.07) is 7.44. The number of methoxy groups -OCH3 is 2. The molecule has 12 nitrogen and oxygen atoms in total. The molecule has 4 aromatic rings. The fraction of sp³-hybridized carbons (Fsp3) is 0.250. The van der Waals surface area contributed by atoms with Crippen LogP contribution >= 0.6 is 0 Å². The number of nitrogens with one attached hydrogen (secondary N) is 3. The highest BCUT2D eigenvalue weighted by atomic mass is 19.1. The zero-order chi connectivity index (χ0) is 26.4. The number of halogens is 1. The van der Waals surface area contributed by atoms with Crippen LogP contribution in [0.5, 0.6) is 5.88 Å². The SMILES string of the molecule is COCC(=O)N[C@H](C)CNc1nccc(-c2[nH]c(-c3ccc(F)cc3)nc2-c2cnc(N)c(OC)n2)n1. The summed E-state index contributed by atoms with van der Waals surface area (Å²) in [5.74, 6) is 0.540. The van der Waals surface area contributed by atoms with E-state index in [1.165, 1.54) is 32.5 Å². The number of nitrogen functional groups attached to an aromatic ring is 1. The maximum absolute atomic E-state index is 13.5. The summed E-state index contributed by atoms with van der Waals surface area (Å²) in [5, 5.41) is 5.92. The quantitative estimate of drug-likeness (QED) is 0.250. The Hall–Kier alpha value is -4.65. The van der Waals surface area contributed by atoms with Gasteiger partial charge in [0, 0.05) is 31.5 Å². The van der Waals surface area contributed by atoms with Crippen molar-refractivity contribution >= 4 is 17.7 Å². The number of aromatic amines is 1. The van der Waals surface area contributed by atoms with E-state index in [4.69, 9.17) is 20.2 Å². The first-order valence-electron chi connectivity index (χ1n) is 11.3. The van der Waals surface area contributed by atoms with E-state index in [2.05, 4.69) is 35.6 Å². The number of ether oxygens (including phenoxy) is 2. The largest absolute Gasteiger partial charge is 0.478 e. The number of nitrogens with two attached hydrogens (primary N) is 1. The van der Waals surface area contributed by atoms with Crippen LogP contribution in [0.2, 0.25) is 0 Å². The van der Waals surface area contributed by atoms with Gasteiger partial charge in [-0.1, -0.05) is 0 Å². The van der Waals surface area contributed by atoms with E-state index in [0.29, 0.717) is 46.7 Å². The monoisotopic (exact) mass is 507 g/mol. The number of carbonyl (C=O) groups excluding carboxylic acids is 1.